The predicted molar refractivity (Wildman–Crippen MR) is 246 cm³/mol. The van der Waals surface area contributed by atoms with Gasteiger partial charge in [0, 0.05) is 19.4 Å². The summed E-state index contributed by atoms with van der Waals surface area (Å²) in [7, 11) is -3.13. The molecule has 0 aromatic heterocycles. The third kappa shape index (κ3) is 34.5. The van der Waals surface area contributed by atoms with Crippen molar-refractivity contribution in [3.05, 3.63) is 0 Å². The van der Waals surface area contributed by atoms with Crippen LogP contribution in [0.1, 0.15) is 252 Å². The molecule has 58 heavy (non-hydrogen) atoms. The summed E-state index contributed by atoms with van der Waals surface area (Å²) >= 11 is 0. The number of hydrogen-bond donors (Lipinski definition) is 1. The fourth-order valence-corrected chi connectivity index (χ4v) is 9.34. The van der Waals surface area contributed by atoms with Gasteiger partial charge in [0.2, 0.25) is 10.0 Å². The zero-order chi connectivity index (χ0) is 42.4. The molecule has 0 aliphatic heterocycles. The van der Waals surface area contributed by atoms with E-state index in [0.717, 1.165) is 122 Å². The molecule has 0 aromatic rings. The van der Waals surface area contributed by atoms with Gasteiger partial charge in [-0.05, 0) is 103 Å². The van der Waals surface area contributed by atoms with Crippen molar-refractivity contribution in [3.63, 3.8) is 0 Å². The van der Waals surface area contributed by atoms with Crippen molar-refractivity contribution in [2.75, 3.05) is 32.8 Å². The normalized spacial score (nSPS) is 13.8. The number of unbranched alkanes of at least 4 members (excludes halogenated alkanes) is 22. The number of sulfonamides is 1. The number of carbonyl (C=O) groups excluding carboxylic acids is 2. The average molecular weight is 841 g/mol. The highest BCUT2D eigenvalue weighted by atomic mass is 32.2. The van der Waals surface area contributed by atoms with Crippen molar-refractivity contribution in [2.24, 2.45) is 5.92 Å². The van der Waals surface area contributed by atoms with E-state index in [-0.39, 0.29) is 23.3 Å². The van der Waals surface area contributed by atoms with Crippen LogP contribution in [0.15, 0.2) is 0 Å². The third-order valence-electron chi connectivity index (χ3n) is 12.0. The van der Waals surface area contributed by atoms with Crippen LogP contribution in [0.2, 0.25) is 0 Å². The quantitative estimate of drug-likeness (QED) is 0.0481. The highest BCUT2D eigenvalue weighted by molar-refractivity contribution is 7.90. The lowest BCUT2D eigenvalue weighted by Gasteiger charge is -2.22. The van der Waals surface area contributed by atoms with Crippen LogP contribution in [-0.4, -0.2) is 69.4 Å². The van der Waals surface area contributed by atoms with E-state index in [9.17, 15) is 18.0 Å². The minimum atomic E-state index is -3.13. The molecule has 344 valence electrons. The molecule has 0 saturated heterocycles. The van der Waals surface area contributed by atoms with E-state index in [0.29, 0.717) is 31.9 Å². The highest BCUT2D eigenvalue weighted by Gasteiger charge is 2.35. The van der Waals surface area contributed by atoms with Crippen molar-refractivity contribution in [1.82, 2.24) is 9.62 Å². The number of esters is 2. The van der Waals surface area contributed by atoms with Gasteiger partial charge in [-0.1, -0.05) is 163 Å². The standard InChI is InChI=1S/C49H96N2O6S/c1-5-8-11-14-19-26-34-46(35-27-20-15-12-9-6-2)57-49(53)37-29-22-17-24-31-42-51(43-32-40-50-58(54,55)47-38-39-47)41-30-23-16-21-28-36-48(52)56-44-45(4)33-25-18-13-10-7-3/h45-47,50H,5-44H2,1-4H3. The zero-order valence-corrected chi connectivity index (χ0v) is 39.6. The molecule has 0 amide bonds. The summed E-state index contributed by atoms with van der Waals surface area (Å²) in [5.74, 6) is 0.394. The van der Waals surface area contributed by atoms with Crippen molar-refractivity contribution in [2.45, 2.75) is 264 Å². The van der Waals surface area contributed by atoms with Crippen LogP contribution in [0.25, 0.3) is 0 Å². The van der Waals surface area contributed by atoms with Crippen LogP contribution in [0.3, 0.4) is 0 Å². The Bertz CT molecular complexity index is 1040. The Labute approximate surface area is 360 Å². The van der Waals surface area contributed by atoms with Crippen LogP contribution >= 0.6 is 0 Å². The molecule has 9 heteroatoms. The van der Waals surface area contributed by atoms with E-state index >= 15 is 0 Å². The van der Waals surface area contributed by atoms with Crippen LogP contribution in [0.5, 0.6) is 0 Å². The molecule has 1 rings (SSSR count). The minimum absolute atomic E-state index is 0.00109. The maximum Gasteiger partial charge on any atom is 0.306 e. The smallest absolute Gasteiger partial charge is 0.306 e. The SMILES string of the molecule is CCCCCCCCC(CCCCCCCC)OC(=O)CCCCCCCN(CCCCCCCC(=O)OCC(C)CCCCCCC)CCCNS(=O)(=O)C1CC1. The van der Waals surface area contributed by atoms with E-state index in [1.165, 1.54) is 109 Å². The van der Waals surface area contributed by atoms with Crippen molar-refractivity contribution >= 4 is 22.0 Å². The second-order valence-corrected chi connectivity index (χ2v) is 20.1. The number of carbonyl (C=O) groups is 2. The van der Waals surface area contributed by atoms with Crippen LogP contribution in [-0.2, 0) is 29.1 Å². The van der Waals surface area contributed by atoms with Crippen LogP contribution in [0.4, 0.5) is 0 Å². The van der Waals surface area contributed by atoms with Gasteiger partial charge in [-0.15, -0.1) is 0 Å². The van der Waals surface area contributed by atoms with Crippen molar-refractivity contribution in [1.29, 1.82) is 0 Å². The molecule has 0 radical (unpaired) electrons. The summed E-state index contributed by atoms with van der Waals surface area (Å²) < 4.78 is 39.0. The summed E-state index contributed by atoms with van der Waals surface area (Å²) in [6, 6.07) is 0. The summed E-state index contributed by atoms with van der Waals surface area (Å²) in [5.41, 5.74) is 0. The van der Waals surface area contributed by atoms with Crippen molar-refractivity contribution < 1.29 is 27.5 Å². The van der Waals surface area contributed by atoms with E-state index in [2.05, 4.69) is 37.3 Å². The van der Waals surface area contributed by atoms with Gasteiger partial charge in [0.15, 0.2) is 0 Å². The monoisotopic (exact) mass is 841 g/mol. The fraction of sp³-hybridized carbons (Fsp3) is 0.959. The first-order valence-corrected chi connectivity index (χ1v) is 26.8. The Kier molecular flexibility index (Phi) is 36.6. The van der Waals surface area contributed by atoms with Gasteiger partial charge in [0.1, 0.15) is 6.10 Å². The zero-order valence-electron chi connectivity index (χ0n) is 38.8. The number of hydrogen-bond acceptors (Lipinski definition) is 7. The molecule has 1 aliphatic rings. The second-order valence-electron chi connectivity index (χ2n) is 18.1. The summed E-state index contributed by atoms with van der Waals surface area (Å²) in [5, 5.41) is -0.169. The van der Waals surface area contributed by atoms with Crippen LogP contribution in [0, 0.1) is 5.92 Å². The maximum atomic E-state index is 12.8. The molecule has 0 bridgehead atoms. The first-order valence-electron chi connectivity index (χ1n) is 25.3. The maximum absolute atomic E-state index is 12.8. The van der Waals surface area contributed by atoms with Gasteiger partial charge in [0.05, 0.1) is 11.9 Å². The molecular formula is C49H96N2O6S. The van der Waals surface area contributed by atoms with Crippen molar-refractivity contribution in [3.8, 4) is 0 Å². The predicted octanol–water partition coefficient (Wildman–Crippen LogP) is 13.4. The number of rotatable bonds is 45. The average Bonchev–Trinajstić information content (AvgIpc) is 4.07. The number of ether oxygens (including phenoxy) is 2. The topological polar surface area (TPSA) is 102 Å². The first-order chi connectivity index (χ1) is 28.2. The van der Waals surface area contributed by atoms with E-state index in [4.69, 9.17) is 9.47 Å². The highest BCUT2D eigenvalue weighted by Crippen LogP contribution is 2.27. The Morgan fingerprint density at radius 1 is 0.552 bits per heavy atom. The molecule has 1 saturated carbocycles. The van der Waals surface area contributed by atoms with Gasteiger partial charge < -0.3 is 14.4 Å². The van der Waals surface area contributed by atoms with Gasteiger partial charge >= 0.3 is 11.9 Å². The second kappa shape index (κ2) is 38.7. The Morgan fingerprint density at radius 3 is 1.47 bits per heavy atom. The van der Waals surface area contributed by atoms with E-state index < -0.39 is 10.0 Å². The lowest BCUT2D eigenvalue weighted by Crippen LogP contribution is -2.32. The Hall–Kier alpha value is -1.19. The minimum Gasteiger partial charge on any atom is -0.465 e. The van der Waals surface area contributed by atoms with Gasteiger partial charge in [-0.2, -0.15) is 0 Å². The number of nitrogens with zero attached hydrogens (tertiary/aromatic N) is 1. The summed E-state index contributed by atoms with van der Waals surface area (Å²) in [6.07, 6.45) is 39.1. The molecule has 8 nitrogen and oxygen atoms in total. The third-order valence-corrected chi connectivity index (χ3v) is 14.0. The van der Waals surface area contributed by atoms with E-state index in [1.54, 1.807) is 0 Å². The molecule has 0 aromatic carbocycles. The summed E-state index contributed by atoms with van der Waals surface area (Å²) in [6.45, 7) is 13.0. The molecular weight excluding hydrogens is 745 g/mol. The lowest BCUT2D eigenvalue weighted by molar-refractivity contribution is -0.150. The fourth-order valence-electron chi connectivity index (χ4n) is 7.92. The van der Waals surface area contributed by atoms with Gasteiger partial charge in [0.25, 0.3) is 0 Å². The molecule has 0 spiro atoms. The molecule has 1 atom stereocenters. The largest absolute Gasteiger partial charge is 0.465 e. The van der Waals surface area contributed by atoms with E-state index in [1.807, 2.05) is 0 Å². The number of nitrogens with one attached hydrogen (secondary N) is 1. The van der Waals surface area contributed by atoms with Crippen LogP contribution < -0.4 is 4.72 Å². The Morgan fingerprint density at radius 2 is 0.966 bits per heavy atom. The molecule has 1 N–H and O–H groups in total. The Balaban J connectivity index is 2.31. The molecule has 0 heterocycles. The summed E-state index contributed by atoms with van der Waals surface area (Å²) in [4.78, 5) is 27.6. The molecule has 1 unspecified atom stereocenters. The first kappa shape index (κ1) is 54.8. The van der Waals surface area contributed by atoms with Gasteiger partial charge in [-0.25, -0.2) is 13.1 Å². The molecule has 1 aliphatic carbocycles. The lowest BCUT2D eigenvalue weighted by atomic mass is 10.0. The van der Waals surface area contributed by atoms with Gasteiger partial charge in [-0.3, -0.25) is 9.59 Å². The molecule has 1 fully saturated rings.